The first kappa shape index (κ1) is 23.7. The summed E-state index contributed by atoms with van der Waals surface area (Å²) in [5.74, 6) is -1.14. The molecule has 0 aromatic heterocycles. The number of esters is 1. The van der Waals surface area contributed by atoms with Crippen LogP contribution < -0.4 is 10.0 Å². The summed E-state index contributed by atoms with van der Waals surface area (Å²) in [7, 11) is -3.81. The molecule has 0 aliphatic carbocycles. The third kappa shape index (κ3) is 6.49. The summed E-state index contributed by atoms with van der Waals surface area (Å²) in [6, 6.07) is 5.78. The van der Waals surface area contributed by atoms with E-state index in [-0.39, 0.29) is 31.5 Å². The Morgan fingerprint density at radius 1 is 1.28 bits per heavy atom. The molecule has 25 heavy (non-hydrogen) atoms. The highest BCUT2D eigenvalue weighted by Crippen LogP contribution is 2.28. The Kier molecular flexibility index (Phi) is 10.1. The molecule has 144 valence electrons. The average molecular weight is 393 g/mol. The third-order valence-electron chi connectivity index (χ3n) is 3.69. The van der Waals surface area contributed by atoms with Crippen molar-refractivity contribution in [3.05, 3.63) is 29.3 Å². The number of nitrogens with two attached hydrogens (primary N) is 1. The normalized spacial score (nSPS) is 11.1. The van der Waals surface area contributed by atoms with E-state index in [4.69, 9.17) is 10.5 Å². The second kappa shape index (κ2) is 10.6. The van der Waals surface area contributed by atoms with Crippen molar-refractivity contribution in [2.45, 2.75) is 40.0 Å². The number of halogens is 1. The molecular weight excluding hydrogens is 364 g/mol. The molecule has 0 fully saturated rings. The van der Waals surface area contributed by atoms with Crippen LogP contribution in [-0.4, -0.2) is 39.8 Å². The molecule has 0 saturated heterocycles. The number of hydrogen-bond donors (Lipinski definition) is 1. The zero-order chi connectivity index (χ0) is 18.3. The van der Waals surface area contributed by atoms with E-state index in [9.17, 15) is 13.2 Å². The fourth-order valence-electron chi connectivity index (χ4n) is 2.49. The SMILES string of the molecule is CCOC(=O)CS(=O)(=O)N(CC)c1cc(C(C)C)ccc1CCN.Cl. The van der Waals surface area contributed by atoms with E-state index in [1.54, 1.807) is 13.8 Å². The summed E-state index contributed by atoms with van der Waals surface area (Å²) < 4.78 is 31.4. The molecule has 1 aromatic rings. The minimum Gasteiger partial charge on any atom is -0.465 e. The van der Waals surface area contributed by atoms with E-state index in [1.165, 1.54) is 4.31 Å². The summed E-state index contributed by atoms with van der Waals surface area (Å²) in [5.41, 5.74) is 8.15. The second-order valence-electron chi connectivity index (χ2n) is 5.81. The maximum absolute atomic E-state index is 12.7. The molecule has 1 rings (SSSR count). The van der Waals surface area contributed by atoms with E-state index in [0.29, 0.717) is 18.7 Å². The summed E-state index contributed by atoms with van der Waals surface area (Å²) >= 11 is 0. The van der Waals surface area contributed by atoms with Gasteiger partial charge in [-0.15, -0.1) is 12.4 Å². The first-order chi connectivity index (χ1) is 11.3. The monoisotopic (exact) mass is 392 g/mol. The standard InChI is InChI=1S/C17H28N2O4S.ClH/c1-5-19(24(21,22)12-17(20)23-6-2)16-11-15(13(3)4)8-7-14(16)9-10-18;/h7-8,11,13H,5-6,9-10,12,18H2,1-4H3;1H. The smallest absolute Gasteiger partial charge is 0.323 e. The lowest BCUT2D eigenvalue weighted by atomic mass is 9.99. The Morgan fingerprint density at radius 3 is 2.40 bits per heavy atom. The molecule has 0 aliphatic rings. The van der Waals surface area contributed by atoms with E-state index < -0.39 is 21.7 Å². The molecule has 0 heterocycles. The van der Waals surface area contributed by atoms with Crippen LogP contribution in [0.25, 0.3) is 0 Å². The fourth-order valence-corrected chi connectivity index (χ4v) is 3.89. The number of ether oxygens (including phenoxy) is 1. The van der Waals surface area contributed by atoms with E-state index in [0.717, 1.165) is 11.1 Å². The molecule has 0 bridgehead atoms. The second-order valence-corrected chi connectivity index (χ2v) is 7.70. The van der Waals surface area contributed by atoms with Gasteiger partial charge in [0.05, 0.1) is 12.3 Å². The minimum atomic E-state index is -3.81. The van der Waals surface area contributed by atoms with Crippen LogP contribution in [-0.2, 0) is 26.0 Å². The first-order valence-corrected chi connectivity index (χ1v) is 9.86. The highest BCUT2D eigenvalue weighted by molar-refractivity contribution is 7.93. The number of hydrogen-bond acceptors (Lipinski definition) is 5. The van der Waals surface area contributed by atoms with Crippen molar-refractivity contribution < 1.29 is 17.9 Å². The van der Waals surface area contributed by atoms with Gasteiger partial charge in [0.2, 0.25) is 10.0 Å². The lowest BCUT2D eigenvalue weighted by molar-refractivity contribution is -0.139. The van der Waals surface area contributed by atoms with Crippen LogP contribution in [0.15, 0.2) is 18.2 Å². The highest BCUT2D eigenvalue weighted by atomic mass is 35.5. The molecule has 0 atom stereocenters. The van der Waals surface area contributed by atoms with Crippen molar-refractivity contribution in [1.82, 2.24) is 0 Å². The van der Waals surface area contributed by atoms with Gasteiger partial charge in [-0.3, -0.25) is 9.10 Å². The Balaban J connectivity index is 0.00000576. The van der Waals surface area contributed by atoms with Gasteiger partial charge in [-0.05, 0) is 49.9 Å². The van der Waals surface area contributed by atoms with Gasteiger partial charge < -0.3 is 10.5 Å². The van der Waals surface area contributed by atoms with Gasteiger partial charge in [0.1, 0.15) is 0 Å². The summed E-state index contributed by atoms with van der Waals surface area (Å²) in [6.45, 7) is 8.30. The van der Waals surface area contributed by atoms with Crippen molar-refractivity contribution in [3.8, 4) is 0 Å². The molecule has 8 heteroatoms. The van der Waals surface area contributed by atoms with Crippen LogP contribution in [0.3, 0.4) is 0 Å². The van der Waals surface area contributed by atoms with Crippen molar-refractivity contribution in [2.75, 3.05) is 29.8 Å². The Labute approximate surface area is 157 Å². The molecule has 0 saturated carbocycles. The molecule has 2 N–H and O–H groups in total. The van der Waals surface area contributed by atoms with Gasteiger partial charge in [-0.1, -0.05) is 26.0 Å². The number of carbonyl (C=O) groups is 1. The molecule has 1 aromatic carbocycles. The number of carbonyl (C=O) groups excluding carboxylic acids is 1. The predicted octanol–water partition coefficient (Wildman–Crippen LogP) is 2.45. The van der Waals surface area contributed by atoms with E-state index in [1.807, 2.05) is 32.0 Å². The largest absolute Gasteiger partial charge is 0.465 e. The number of benzene rings is 1. The zero-order valence-electron chi connectivity index (χ0n) is 15.3. The quantitative estimate of drug-likeness (QED) is 0.652. The number of nitrogens with zero attached hydrogens (tertiary/aromatic N) is 1. The lowest BCUT2D eigenvalue weighted by Crippen LogP contribution is -2.36. The van der Waals surface area contributed by atoms with Gasteiger partial charge in [-0.25, -0.2) is 8.42 Å². The number of rotatable bonds is 9. The molecule has 0 amide bonds. The first-order valence-electron chi connectivity index (χ1n) is 8.25. The topological polar surface area (TPSA) is 89.7 Å². The van der Waals surface area contributed by atoms with E-state index >= 15 is 0 Å². The Hall–Kier alpha value is -1.31. The predicted molar refractivity (Wildman–Crippen MR) is 104 cm³/mol. The molecule has 6 nitrogen and oxygen atoms in total. The number of sulfonamides is 1. The summed E-state index contributed by atoms with van der Waals surface area (Å²) in [6.07, 6.45) is 0.569. The van der Waals surface area contributed by atoms with Crippen LogP contribution >= 0.6 is 12.4 Å². The maximum Gasteiger partial charge on any atom is 0.323 e. The molecule has 0 spiro atoms. The Morgan fingerprint density at radius 2 is 1.92 bits per heavy atom. The van der Waals surface area contributed by atoms with Crippen LogP contribution in [0, 0.1) is 0 Å². The van der Waals surface area contributed by atoms with Gasteiger partial charge >= 0.3 is 5.97 Å². The van der Waals surface area contributed by atoms with Gasteiger partial charge in [-0.2, -0.15) is 0 Å². The van der Waals surface area contributed by atoms with Crippen LogP contribution in [0.5, 0.6) is 0 Å². The van der Waals surface area contributed by atoms with Crippen LogP contribution in [0.4, 0.5) is 5.69 Å². The van der Waals surface area contributed by atoms with Crippen molar-refractivity contribution in [1.29, 1.82) is 0 Å². The van der Waals surface area contributed by atoms with Crippen molar-refractivity contribution in [3.63, 3.8) is 0 Å². The van der Waals surface area contributed by atoms with Gasteiger partial charge in [0.15, 0.2) is 5.75 Å². The molecule has 0 radical (unpaired) electrons. The summed E-state index contributed by atoms with van der Waals surface area (Å²) in [4.78, 5) is 11.6. The maximum atomic E-state index is 12.7. The average Bonchev–Trinajstić information content (AvgIpc) is 2.48. The third-order valence-corrected chi connectivity index (χ3v) is 5.41. The zero-order valence-corrected chi connectivity index (χ0v) is 17.0. The highest BCUT2D eigenvalue weighted by Gasteiger charge is 2.27. The molecule has 0 unspecified atom stereocenters. The molecule has 0 aliphatic heterocycles. The minimum absolute atomic E-state index is 0. The van der Waals surface area contributed by atoms with Crippen molar-refractivity contribution in [2.24, 2.45) is 5.73 Å². The lowest BCUT2D eigenvalue weighted by Gasteiger charge is -2.26. The summed E-state index contributed by atoms with van der Waals surface area (Å²) in [5, 5.41) is 0. The number of anilines is 1. The molecular formula is C17H29ClN2O4S. The van der Waals surface area contributed by atoms with Crippen LogP contribution in [0.1, 0.15) is 44.7 Å². The van der Waals surface area contributed by atoms with Crippen molar-refractivity contribution >= 4 is 34.1 Å². The van der Waals surface area contributed by atoms with Gasteiger partial charge in [0.25, 0.3) is 0 Å². The van der Waals surface area contributed by atoms with Crippen LogP contribution in [0.2, 0.25) is 0 Å². The van der Waals surface area contributed by atoms with Gasteiger partial charge in [0, 0.05) is 6.54 Å². The Bertz CT molecular complexity index is 663. The van der Waals surface area contributed by atoms with E-state index in [2.05, 4.69) is 0 Å². The fraction of sp³-hybridized carbons (Fsp3) is 0.588.